The standard InChI is InChI=1S/C16H13ClFN3/c1-21(9-11-4-2-5-12(17)8-11)16-15-13(18)6-3-7-14(15)19-10-20-16/h2-8,10H,9H2,1H3. The van der Waals surface area contributed by atoms with Crippen molar-refractivity contribution in [3.05, 3.63) is 65.2 Å². The maximum atomic E-state index is 14.1. The monoisotopic (exact) mass is 301 g/mol. The Hall–Kier alpha value is -2.20. The maximum Gasteiger partial charge on any atom is 0.142 e. The lowest BCUT2D eigenvalue weighted by Gasteiger charge is -2.20. The van der Waals surface area contributed by atoms with Gasteiger partial charge in [-0.1, -0.05) is 29.8 Å². The Morgan fingerprint density at radius 1 is 1.14 bits per heavy atom. The SMILES string of the molecule is CN(Cc1cccc(Cl)c1)c1ncnc2cccc(F)c12. The van der Waals surface area contributed by atoms with Crippen molar-refractivity contribution in [2.24, 2.45) is 0 Å². The van der Waals surface area contributed by atoms with Crippen molar-refractivity contribution in [2.75, 3.05) is 11.9 Å². The first-order chi connectivity index (χ1) is 10.1. The van der Waals surface area contributed by atoms with E-state index in [4.69, 9.17) is 11.6 Å². The molecule has 0 atom stereocenters. The van der Waals surface area contributed by atoms with Crippen LogP contribution < -0.4 is 4.90 Å². The number of benzene rings is 2. The zero-order valence-corrected chi connectivity index (χ0v) is 12.2. The van der Waals surface area contributed by atoms with E-state index in [1.165, 1.54) is 12.4 Å². The van der Waals surface area contributed by atoms with E-state index in [-0.39, 0.29) is 5.82 Å². The molecule has 3 nitrogen and oxygen atoms in total. The van der Waals surface area contributed by atoms with Crippen molar-refractivity contribution in [3.8, 4) is 0 Å². The average Bonchev–Trinajstić information content (AvgIpc) is 2.47. The quantitative estimate of drug-likeness (QED) is 0.730. The molecule has 0 bridgehead atoms. The molecule has 0 unspecified atom stereocenters. The zero-order chi connectivity index (χ0) is 14.8. The highest BCUT2D eigenvalue weighted by molar-refractivity contribution is 6.30. The minimum Gasteiger partial charge on any atom is -0.355 e. The molecule has 3 aromatic rings. The van der Waals surface area contributed by atoms with Crippen LogP contribution in [-0.4, -0.2) is 17.0 Å². The lowest BCUT2D eigenvalue weighted by atomic mass is 10.2. The molecule has 0 aliphatic heterocycles. The number of hydrogen-bond acceptors (Lipinski definition) is 3. The van der Waals surface area contributed by atoms with Crippen molar-refractivity contribution in [3.63, 3.8) is 0 Å². The van der Waals surface area contributed by atoms with Crippen LogP contribution in [0, 0.1) is 5.82 Å². The largest absolute Gasteiger partial charge is 0.355 e. The summed E-state index contributed by atoms with van der Waals surface area (Å²) in [5.41, 5.74) is 1.63. The van der Waals surface area contributed by atoms with Crippen LogP contribution in [0.5, 0.6) is 0 Å². The van der Waals surface area contributed by atoms with Crippen LogP contribution in [0.2, 0.25) is 5.02 Å². The van der Waals surface area contributed by atoms with Gasteiger partial charge >= 0.3 is 0 Å². The summed E-state index contributed by atoms with van der Waals surface area (Å²) in [6, 6.07) is 12.4. The molecular formula is C16H13ClFN3. The summed E-state index contributed by atoms with van der Waals surface area (Å²) >= 11 is 5.99. The molecule has 0 amide bonds. The fourth-order valence-corrected chi connectivity index (χ4v) is 2.54. The van der Waals surface area contributed by atoms with Gasteiger partial charge in [0.15, 0.2) is 0 Å². The number of rotatable bonds is 3. The minimum absolute atomic E-state index is 0.318. The third-order valence-corrected chi connectivity index (χ3v) is 3.50. The molecular weight excluding hydrogens is 289 g/mol. The topological polar surface area (TPSA) is 29.0 Å². The Labute approximate surface area is 127 Å². The fourth-order valence-electron chi connectivity index (χ4n) is 2.33. The molecule has 0 fully saturated rings. The first kappa shape index (κ1) is 13.8. The van der Waals surface area contributed by atoms with E-state index >= 15 is 0 Å². The van der Waals surface area contributed by atoms with E-state index in [0.29, 0.717) is 28.3 Å². The van der Waals surface area contributed by atoms with Crippen LogP contribution in [0.25, 0.3) is 10.9 Å². The lowest BCUT2D eigenvalue weighted by molar-refractivity contribution is 0.638. The smallest absolute Gasteiger partial charge is 0.142 e. The van der Waals surface area contributed by atoms with E-state index in [1.807, 2.05) is 36.2 Å². The summed E-state index contributed by atoms with van der Waals surface area (Å²) in [5, 5.41) is 1.11. The molecule has 0 spiro atoms. The van der Waals surface area contributed by atoms with Crippen LogP contribution in [0.1, 0.15) is 5.56 Å². The molecule has 0 saturated heterocycles. The van der Waals surface area contributed by atoms with Crippen LogP contribution in [0.3, 0.4) is 0 Å². The summed E-state index contributed by atoms with van der Waals surface area (Å²) < 4.78 is 14.1. The van der Waals surface area contributed by atoms with Gasteiger partial charge in [-0.15, -0.1) is 0 Å². The number of anilines is 1. The molecule has 0 aliphatic carbocycles. The van der Waals surface area contributed by atoms with Crippen LogP contribution in [0.4, 0.5) is 10.2 Å². The highest BCUT2D eigenvalue weighted by Gasteiger charge is 2.12. The second-order valence-electron chi connectivity index (χ2n) is 4.82. The van der Waals surface area contributed by atoms with Gasteiger partial charge in [0.05, 0.1) is 10.9 Å². The first-order valence-corrected chi connectivity index (χ1v) is 6.88. The molecule has 2 aromatic carbocycles. The molecule has 1 heterocycles. The number of hydrogen-bond donors (Lipinski definition) is 0. The van der Waals surface area contributed by atoms with E-state index < -0.39 is 0 Å². The Balaban J connectivity index is 2.00. The molecule has 0 N–H and O–H groups in total. The molecule has 1 aromatic heterocycles. The van der Waals surface area contributed by atoms with Crippen molar-refractivity contribution in [1.29, 1.82) is 0 Å². The second-order valence-corrected chi connectivity index (χ2v) is 5.25. The van der Waals surface area contributed by atoms with E-state index in [9.17, 15) is 4.39 Å². The highest BCUT2D eigenvalue weighted by Crippen LogP contribution is 2.26. The van der Waals surface area contributed by atoms with Gasteiger partial charge in [0.2, 0.25) is 0 Å². The van der Waals surface area contributed by atoms with Crippen molar-refractivity contribution in [1.82, 2.24) is 9.97 Å². The molecule has 5 heteroatoms. The summed E-state index contributed by atoms with van der Waals surface area (Å²) in [7, 11) is 1.87. The van der Waals surface area contributed by atoms with Gasteiger partial charge < -0.3 is 4.90 Å². The number of aromatic nitrogens is 2. The first-order valence-electron chi connectivity index (χ1n) is 6.50. The summed E-state index contributed by atoms with van der Waals surface area (Å²) in [4.78, 5) is 10.2. The predicted molar refractivity (Wildman–Crippen MR) is 83.1 cm³/mol. The molecule has 0 aliphatic rings. The second kappa shape index (κ2) is 5.66. The molecule has 21 heavy (non-hydrogen) atoms. The summed E-state index contributed by atoms with van der Waals surface area (Å²) in [5.74, 6) is 0.249. The zero-order valence-electron chi connectivity index (χ0n) is 11.4. The molecule has 3 rings (SSSR count). The Morgan fingerprint density at radius 3 is 2.76 bits per heavy atom. The number of nitrogens with zero attached hydrogens (tertiary/aromatic N) is 3. The normalized spacial score (nSPS) is 10.8. The summed E-state index contributed by atoms with van der Waals surface area (Å²) in [6.07, 6.45) is 1.45. The van der Waals surface area contributed by atoms with Gasteiger partial charge in [0.1, 0.15) is 18.0 Å². The number of fused-ring (bicyclic) bond motifs is 1. The van der Waals surface area contributed by atoms with Gasteiger partial charge in [0.25, 0.3) is 0 Å². The predicted octanol–water partition coefficient (Wildman–Crippen LogP) is 4.06. The van der Waals surface area contributed by atoms with Crippen LogP contribution >= 0.6 is 11.6 Å². The van der Waals surface area contributed by atoms with Crippen molar-refractivity contribution in [2.45, 2.75) is 6.54 Å². The highest BCUT2D eigenvalue weighted by atomic mass is 35.5. The lowest BCUT2D eigenvalue weighted by Crippen LogP contribution is -2.18. The Morgan fingerprint density at radius 2 is 1.95 bits per heavy atom. The third-order valence-electron chi connectivity index (χ3n) is 3.26. The van der Waals surface area contributed by atoms with Gasteiger partial charge in [-0.25, -0.2) is 14.4 Å². The van der Waals surface area contributed by atoms with E-state index in [0.717, 1.165) is 5.56 Å². The Bertz CT molecular complexity index is 786. The molecule has 0 saturated carbocycles. The van der Waals surface area contributed by atoms with Gasteiger partial charge in [-0.05, 0) is 29.8 Å². The third kappa shape index (κ3) is 2.81. The molecule has 0 radical (unpaired) electrons. The fraction of sp³-hybridized carbons (Fsp3) is 0.125. The van der Waals surface area contributed by atoms with E-state index in [2.05, 4.69) is 9.97 Å². The average molecular weight is 302 g/mol. The van der Waals surface area contributed by atoms with E-state index in [1.54, 1.807) is 12.1 Å². The maximum absolute atomic E-state index is 14.1. The van der Waals surface area contributed by atoms with Crippen molar-refractivity contribution < 1.29 is 4.39 Å². The van der Waals surface area contributed by atoms with Gasteiger partial charge in [-0.3, -0.25) is 0 Å². The molecule has 106 valence electrons. The van der Waals surface area contributed by atoms with Gasteiger partial charge in [-0.2, -0.15) is 0 Å². The summed E-state index contributed by atoms with van der Waals surface area (Å²) in [6.45, 7) is 0.584. The van der Waals surface area contributed by atoms with Crippen molar-refractivity contribution >= 4 is 28.3 Å². The minimum atomic E-state index is -0.318. The number of halogens is 2. The Kier molecular flexibility index (Phi) is 3.71. The van der Waals surface area contributed by atoms with Gasteiger partial charge in [0, 0.05) is 18.6 Å². The van der Waals surface area contributed by atoms with Crippen LogP contribution in [-0.2, 0) is 6.54 Å². The van der Waals surface area contributed by atoms with Crippen LogP contribution in [0.15, 0.2) is 48.8 Å².